The number of non-ortho nitro benzene ring substituents is 1. The summed E-state index contributed by atoms with van der Waals surface area (Å²) in [7, 11) is 0. The minimum absolute atomic E-state index is 0.00818. The number of hydrogen-bond donors (Lipinski definition) is 1. The fraction of sp³-hybridized carbons (Fsp3) is 0.200. The molecule has 2 rings (SSSR count). The first-order valence-electron chi connectivity index (χ1n) is 8.43. The van der Waals surface area contributed by atoms with Crippen molar-refractivity contribution in [1.82, 2.24) is 5.32 Å². The number of nitro groups is 1. The lowest BCUT2D eigenvalue weighted by Gasteiger charge is -2.17. The monoisotopic (exact) mass is 368 g/mol. The van der Waals surface area contributed by atoms with Gasteiger partial charge in [-0.05, 0) is 24.1 Å². The van der Waals surface area contributed by atoms with Crippen molar-refractivity contribution < 1.29 is 19.2 Å². The largest absolute Gasteiger partial charge is 0.466 e. The SMILES string of the molecule is CCOC(=O)CC(NC(=O)/C=C/c1cccc([N+](=O)[O-])c1)c1ccccc1. The van der Waals surface area contributed by atoms with Crippen LogP contribution in [0, 0.1) is 10.1 Å². The van der Waals surface area contributed by atoms with Crippen molar-refractivity contribution >= 4 is 23.6 Å². The third-order valence-electron chi connectivity index (χ3n) is 3.70. The molecule has 0 aromatic heterocycles. The van der Waals surface area contributed by atoms with Crippen molar-refractivity contribution in [2.45, 2.75) is 19.4 Å². The third-order valence-corrected chi connectivity index (χ3v) is 3.70. The highest BCUT2D eigenvalue weighted by molar-refractivity contribution is 5.92. The molecule has 2 aromatic rings. The van der Waals surface area contributed by atoms with Gasteiger partial charge in [0.25, 0.3) is 5.69 Å². The lowest BCUT2D eigenvalue weighted by molar-refractivity contribution is -0.384. The van der Waals surface area contributed by atoms with Gasteiger partial charge in [-0.3, -0.25) is 19.7 Å². The van der Waals surface area contributed by atoms with E-state index < -0.39 is 22.8 Å². The number of ether oxygens (including phenoxy) is 1. The molecular formula is C20H20N2O5. The Morgan fingerprint density at radius 1 is 1.19 bits per heavy atom. The molecule has 0 spiro atoms. The number of amides is 1. The second kappa shape index (κ2) is 9.86. The van der Waals surface area contributed by atoms with E-state index in [4.69, 9.17) is 4.74 Å². The van der Waals surface area contributed by atoms with E-state index in [-0.39, 0.29) is 18.7 Å². The minimum Gasteiger partial charge on any atom is -0.466 e. The minimum atomic E-state index is -0.535. The molecule has 1 unspecified atom stereocenters. The second-order valence-electron chi connectivity index (χ2n) is 5.67. The quantitative estimate of drug-likeness (QED) is 0.333. The highest BCUT2D eigenvalue weighted by Crippen LogP contribution is 2.18. The number of rotatable bonds is 8. The fourth-order valence-corrected chi connectivity index (χ4v) is 2.46. The molecule has 0 fully saturated rings. The standard InChI is InChI=1S/C20H20N2O5/c1-2-27-20(24)14-18(16-8-4-3-5-9-16)21-19(23)12-11-15-7-6-10-17(13-15)22(25)26/h3-13,18H,2,14H2,1H3,(H,21,23)/b12-11+. The molecule has 7 heteroatoms. The number of nitro benzene ring substituents is 1. The molecule has 0 bridgehead atoms. The van der Waals surface area contributed by atoms with Gasteiger partial charge in [-0.15, -0.1) is 0 Å². The van der Waals surface area contributed by atoms with Crippen molar-refractivity contribution in [2.24, 2.45) is 0 Å². The number of carbonyl (C=O) groups is 2. The molecule has 0 aliphatic heterocycles. The Morgan fingerprint density at radius 2 is 1.93 bits per heavy atom. The summed E-state index contributed by atoms with van der Waals surface area (Å²) in [5.41, 5.74) is 1.26. The van der Waals surface area contributed by atoms with Crippen molar-refractivity contribution in [1.29, 1.82) is 0 Å². The van der Waals surface area contributed by atoms with Gasteiger partial charge < -0.3 is 10.1 Å². The van der Waals surface area contributed by atoms with Gasteiger partial charge in [0, 0.05) is 18.2 Å². The fourth-order valence-electron chi connectivity index (χ4n) is 2.46. The van der Waals surface area contributed by atoms with E-state index in [1.807, 2.05) is 30.3 Å². The Morgan fingerprint density at radius 3 is 2.59 bits per heavy atom. The molecule has 1 N–H and O–H groups in total. The molecule has 1 amide bonds. The number of esters is 1. The maximum atomic E-state index is 12.3. The molecular weight excluding hydrogens is 348 g/mol. The van der Waals surface area contributed by atoms with Crippen molar-refractivity contribution in [3.63, 3.8) is 0 Å². The topological polar surface area (TPSA) is 98.5 Å². The number of carbonyl (C=O) groups excluding carboxylic acids is 2. The maximum Gasteiger partial charge on any atom is 0.308 e. The first-order chi connectivity index (χ1) is 13.0. The van der Waals surface area contributed by atoms with E-state index in [1.165, 1.54) is 24.3 Å². The van der Waals surface area contributed by atoms with E-state index in [0.717, 1.165) is 5.56 Å². The predicted molar refractivity (Wildman–Crippen MR) is 101 cm³/mol. The zero-order valence-corrected chi connectivity index (χ0v) is 14.8. The average Bonchev–Trinajstić information content (AvgIpc) is 2.67. The van der Waals surface area contributed by atoms with E-state index in [1.54, 1.807) is 19.1 Å². The van der Waals surface area contributed by atoms with Gasteiger partial charge >= 0.3 is 5.97 Å². The Kier molecular flexibility index (Phi) is 7.25. The molecule has 1 atom stereocenters. The number of nitrogens with zero attached hydrogens (tertiary/aromatic N) is 1. The smallest absolute Gasteiger partial charge is 0.308 e. The summed E-state index contributed by atoms with van der Waals surface area (Å²) in [5, 5.41) is 13.6. The lowest BCUT2D eigenvalue weighted by Crippen LogP contribution is -2.29. The third kappa shape index (κ3) is 6.39. The summed E-state index contributed by atoms with van der Waals surface area (Å²) in [6.45, 7) is 1.98. The Balaban J connectivity index is 2.09. The highest BCUT2D eigenvalue weighted by atomic mass is 16.6. The van der Waals surface area contributed by atoms with Crippen LogP contribution in [0.1, 0.15) is 30.5 Å². The summed E-state index contributed by atoms with van der Waals surface area (Å²) in [5.74, 6) is -0.825. The molecule has 0 saturated heterocycles. The summed E-state index contributed by atoms with van der Waals surface area (Å²) < 4.78 is 4.97. The number of benzene rings is 2. The van der Waals surface area contributed by atoms with Crippen LogP contribution in [0.2, 0.25) is 0 Å². The highest BCUT2D eigenvalue weighted by Gasteiger charge is 2.18. The van der Waals surface area contributed by atoms with Crippen LogP contribution in [-0.2, 0) is 14.3 Å². The van der Waals surface area contributed by atoms with Gasteiger partial charge in [-0.2, -0.15) is 0 Å². The van der Waals surface area contributed by atoms with Crippen LogP contribution in [-0.4, -0.2) is 23.4 Å². The number of hydrogen-bond acceptors (Lipinski definition) is 5. The maximum absolute atomic E-state index is 12.3. The summed E-state index contributed by atoms with van der Waals surface area (Å²) in [6.07, 6.45) is 2.77. The Bertz CT molecular complexity index is 833. The summed E-state index contributed by atoms with van der Waals surface area (Å²) in [4.78, 5) is 34.4. The van der Waals surface area contributed by atoms with Crippen LogP contribution in [0.15, 0.2) is 60.7 Å². The zero-order chi connectivity index (χ0) is 19.6. The van der Waals surface area contributed by atoms with Gasteiger partial charge in [0.05, 0.1) is 24.0 Å². The van der Waals surface area contributed by atoms with Crippen molar-refractivity contribution in [3.8, 4) is 0 Å². The van der Waals surface area contributed by atoms with Crippen LogP contribution in [0.4, 0.5) is 5.69 Å². The van der Waals surface area contributed by atoms with Gasteiger partial charge in [0.15, 0.2) is 0 Å². The molecule has 0 aliphatic rings. The van der Waals surface area contributed by atoms with Crippen LogP contribution >= 0.6 is 0 Å². The van der Waals surface area contributed by atoms with Gasteiger partial charge in [0.1, 0.15) is 0 Å². The molecule has 0 heterocycles. The van der Waals surface area contributed by atoms with E-state index in [9.17, 15) is 19.7 Å². The van der Waals surface area contributed by atoms with E-state index >= 15 is 0 Å². The molecule has 27 heavy (non-hydrogen) atoms. The first kappa shape index (κ1) is 19.8. The van der Waals surface area contributed by atoms with Crippen LogP contribution in [0.25, 0.3) is 6.08 Å². The molecule has 7 nitrogen and oxygen atoms in total. The van der Waals surface area contributed by atoms with Crippen LogP contribution in [0.5, 0.6) is 0 Å². The van der Waals surface area contributed by atoms with Gasteiger partial charge in [0.2, 0.25) is 5.91 Å². The predicted octanol–water partition coefficient (Wildman–Crippen LogP) is 3.42. The van der Waals surface area contributed by atoms with Gasteiger partial charge in [-0.1, -0.05) is 42.5 Å². The molecule has 140 valence electrons. The second-order valence-corrected chi connectivity index (χ2v) is 5.67. The van der Waals surface area contributed by atoms with Crippen molar-refractivity contribution in [3.05, 3.63) is 81.9 Å². The molecule has 2 aromatic carbocycles. The van der Waals surface area contributed by atoms with Crippen LogP contribution < -0.4 is 5.32 Å². The Hall–Kier alpha value is -3.48. The molecule has 0 saturated carbocycles. The molecule has 0 radical (unpaired) electrons. The number of nitrogens with one attached hydrogen (secondary N) is 1. The van der Waals surface area contributed by atoms with E-state index in [0.29, 0.717) is 5.56 Å². The summed E-state index contributed by atoms with van der Waals surface area (Å²) in [6, 6.07) is 14.5. The summed E-state index contributed by atoms with van der Waals surface area (Å²) >= 11 is 0. The normalized spacial score (nSPS) is 11.7. The van der Waals surface area contributed by atoms with Gasteiger partial charge in [-0.25, -0.2) is 0 Å². The van der Waals surface area contributed by atoms with Crippen LogP contribution in [0.3, 0.4) is 0 Å². The van der Waals surface area contributed by atoms with Crippen molar-refractivity contribution in [2.75, 3.05) is 6.61 Å². The lowest BCUT2D eigenvalue weighted by atomic mass is 10.0. The zero-order valence-electron chi connectivity index (χ0n) is 14.8. The van der Waals surface area contributed by atoms with E-state index in [2.05, 4.69) is 5.32 Å². The average molecular weight is 368 g/mol. The molecule has 0 aliphatic carbocycles. The Labute approximate surface area is 156 Å². The first-order valence-corrected chi connectivity index (χ1v) is 8.43.